The summed E-state index contributed by atoms with van der Waals surface area (Å²) in [7, 11) is 2.10. The van der Waals surface area contributed by atoms with Gasteiger partial charge in [-0.2, -0.15) is 0 Å². The van der Waals surface area contributed by atoms with Crippen LogP contribution in [0.5, 0.6) is 5.75 Å². The zero-order valence-electron chi connectivity index (χ0n) is 21.3. The molecule has 204 valence electrons. The van der Waals surface area contributed by atoms with E-state index in [2.05, 4.69) is 36.2 Å². The number of aliphatic carboxylic acids is 2. The third-order valence-corrected chi connectivity index (χ3v) is 8.53. The highest BCUT2D eigenvalue weighted by Crippen LogP contribution is 2.60. The number of piperazine rings is 1. The molecule has 0 radical (unpaired) electrons. The SMILES string of the molecule is CN1CCN(C(=O)COc2ccc(C34CC5CC(CC(C5)C3)C4)cc2)CC1.O=C(O)C(O)C(O)C(=O)O. The van der Waals surface area contributed by atoms with Crippen LogP contribution in [0.4, 0.5) is 0 Å². The first-order chi connectivity index (χ1) is 17.6. The maximum atomic E-state index is 12.4. The molecule has 4 saturated carbocycles. The van der Waals surface area contributed by atoms with Crippen LogP contribution in [-0.4, -0.2) is 100 Å². The fourth-order valence-corrected chi connectivity index (χ4v) is 6.93. The molecular weight excluding hydrogens is 480 g/mol. The average Bonchev–Trinajstić information content (AvgIpc) is 2.86. The molecule has 2 atom stereocenters. The summed E-state index contributed by atoms with van der Waals surface area (Å²) in [4.78, 5) is 36.1. The molecule has 4 bridgehead atoms. The smallest absolute Gasteiger partial charge is 0.335 e. The van der Waals surface area contributed by atoms with Gasteiger partial charge in [0.1, 0.15) is 5.75 Å². The van der Waals surface area contributed by atoms with E-state index in [0.717, 1.165) is 49.7 Å². The monoisotopic (exact) mass is 518 g/mol. The summed E-state index contributed by atoms with van der Waals surface area (Å²) in [5.41, 5.74) is 1.95. The Hall–Kier alpha value is -2.69. The third-order valence-electron chi connectivity index (χ3n) is 8.53. The summed E-state index contributed by atoms with van der Waals surface area (Å²) in [6.45, 7) is 3.67. The number of rotatable bonds is 7. The number of likely N-dealkylation sites (N-methyl/N-ethyl adjacent to an activating group) is 1. The van der Waals surface area contributed by atoms with Crippen LogP contribution >= 0.6 is 0 Å². The van der Waals surface area contributed by atoms with E-state index < -0.39 is 24.1 Å². The van der Waals surface area contributed by atoms with Crippen molar-refractivity contribution in [3.63, 3.8) is 0 Å². The van der Waals surface area contributed by atoms with Gasteiger partial charge in [-0.25, -0.2) is 9.59 Å². The average molecular weight is 519 g/mol. The Labute approximate surface area is 216 Å². The van der Waals surface area contributed by atoms with Crippen LogP contribution in [0.2, 0.25) is 0 Å². The molecule has 37 heavy (non-hydrogen) atoms. The van der Waals surface area contributed by atoms with E-state index in [-0.39, 0.29) is 12.5 Å². The topological polar surface area (TPSA) is 148 Å². The number of carboxylic acids is 2. The third kappa shape index (κ3) is 6.42. The van der Waals surface area contributed by atoms with Crippen molar-refractivity contribution in [3.8, 4) is 5.75 Å². The molecule has 5 aliphatic rings. The molecule has 0 aromatic heterocycles. The van der Waals surface area contributed by atoms with Crippen LogP contribution in [0.25, 0.3) is 0 Å². The van der Waals surface area contributed by atoms with Gasteiger partial charge in [-0.3, -0.25) is 4.79 Å². The van der Waals surface area contributed by atoms with Crippen molar-refractivity contribution in [1.29, 1.82) is 0 Å². The first-order valence-electron chi connectivity index (χ1n) is 13.1. The molecule has 10 nitrogen and oxygen atoms in total. The number of carbonyl (C=O) groups is 3. The number of ether oxygens (including phenoxy) is 1. The zero-order chi connectivity index (χ0) is 26.7. The van der Waals surface area contributed by atoms with Gasteiger partial charge in [0.15, 0.2) is 18.8 Å². The first-order valence-corrected chi connectivity index (χ1v) is 13.1. The highest BCUT2D eigenvalue weighted by atomic mass is 16.5. The van der Waals surface area contributed by atoms with Crippen molar-refractivity contribution in [2.45, 2.75) is 56.1 Å². The summed E-state index contributed by atoms with van der Waals surface area (Å²) >= 11 is 0. The summed E-state index contributed by atoms with van der Waals surface area (Å²) in [5.74, 6) is 0.291. The van der Waals surface area contributed by atoms with Crippen LogP contribution < -0.4 is 4.74 Å². The Bertz CT molecular complexity index is 920. The molecule has 1 aromatic carbocycles. The van der Waals surface area contributed by atoms with Crippen molar-refractivity contribution >= 4 is 17.8 Å². The minimum atomic E-state index is -2.27. The predicted octanol–water partition coefficient (Wildman–Crippen LogP) is 1.18. The lowest BCUT2D eigenvalue weighted by molar-refractivity contribution is -0.165. The van der Waals surface area contributed by atoms with Crippen molar-refractivity contribution in [2.75, 3.05) is 39.8 Å². The summed E-state index contributed by atoms with van der Waals surface area (Å²) in [5, 5.41) is 32.5. The maximum Gasteiger partial charge on any atom is 0.335 e. The van der Waals surface area contributed by atoms with Gasteiger partial charge in [-0.05, 0) is 86.4 Å². The second-order valence-corrected chi connectivity index (χ2v) is 11.3. The van der Waals surface area contributed by atoms with E-state index in [1.54, 1.807) is 0 Å². The molecule has 4 N–H and O–H groups in total. The largest absolute Gasteiger partial charge is 0.484 e. The lowest BCUT2D eigenvalue weighted by Gasteiger charge is -2.57. The van der Waals surface area contributed by atoms with Gasteiger partial charge in [0.2, 0.25) is 0 Å². The highest BCUT2D eigenvalue weighted by Gasteiger charge is 2.51. The molecule has 1 saturated heterocycles. The van der Waals surface area contributed by atoms with Gasteiger partial charge in [0, 0.05) is 26.2 Å². The number of carbonyl (C=O) groups excluding carboxylic acids is 1. The number of nitrogens with zero attached hydrogens (tertiary/aromatic N) is 2. The van der Waals surface area contributed by atoms with Gasteiger partial charge in [0.25, 0.3) is 5.91 Å². The van der Waals surface area contributed by atoms with Gasteiger partial charge >= 0.3 is 11.9 Å². The van der Waals surface area contributed by atoms with Crippen molar-refractivity contribution < 1.29 is 39.5 Å². The Morgan fingerprint density at radius 1 is 0.865 bits per heavy atom. The Balaban J connectivity index is 0.000000275. The molecular formula is C27H38N2O8. The zero-order valence-corrected chi connectivity index (χ0v) is 21.3. The van der Waals surface area contributed by atoms with E-state index in [1.807, 2.05) is 4.90 Å². The van der Waals surface area contributed by atoms with Crippen molar-refractivity contribution in [1.82, 2.24) is 9.80 Å². The molecule has 1 aliphatic heterocycles. The van der Waals surface area contributed by atoms with Crippen molar-refractivity contribution in [2.24, 2.45) is 17.8 Å². The molecule has 0 spiro atoms. The van der Waals surface area contributed by atoms with Crippen LogP contribution in [-0.2, 0) is 19.8 Å². The molecule has 2 unspecified atom stereocenters. The second-order valence-electron chi connectivity index (χ2n) is 11.3. The highest BCUT2D eigenvalue weighted by molar-refractivity contribution is 5.83. The number of carboxylic acid groups (broad SMARTS) is 2. The minimum Gasteiger partial charge on any atom is -0.484 e. The fraction of sp³-hybridized carbons (Fsp3) is 0.667. The van der Waals surface area contributed by atoms with E-state index in [4.69, 9.17) is 25.2 Å². The number of amides is 1. The predicted molar refractivity (Wildman–Crippen MR) is 133 cm³/mol. The summed E-state index contributed by atoms with van der Waals surface area (Å²) in [6, 6.07) is 8.74. The van der Waals surface area contributed by atoms with E-state index in [1.165, 1.54) is 44.1 Å². The number of hydrogen-bond donors (Lipinski definition) is 4. The van der Waals surface area contributed by atoms with Crippen LogP contribution in [0.1, 0.15) is 44.1 Å². The Morgan fingerprint density at radius 2 is 1.32 bits per heavy atom. The molecule has 4 aliphatic carbocycles. The van der Waals surface area contributed by atoms with Gasteiger partial charge in [0.05, 0.1) is 0 Å². The molecule has 6 rings (SSSR count). The van der Waals surface area contributed by atoms with Crippen molar-refractivity contribution in [3.05, 3.63) is 29.8 Å². The van der Waals surface area contributed by atoms with Crippen LogP contribution in [0.3, 0.4) is 0 Å². The second kappa shape index (κ2) is 11.4. The van der Waals surface area contributed by atoms with Gasteiger partial charge in [-0.15, -0.1) is 0 Å². The van der Waals surface area contributed by atoms with E-state index >= 15 is 0 Å². The summed E-state index contributed by atoms with van der Waals surface area (Å²) < 4.78 is 5.82. The molecule has 5 fully saturated rings. The standard InChI is InChI=1S/C23H32N2O2.C4H6O6/c1-24-6-8-25(9-7-24)22(26)16-27-21-4-2-20(3-5-21)23-13-17-10-18(14-23)12-19(11-17)15-23;5-1(3(7)8)2(6)4(9)10/h2-5,17-19H,6-16H2,1H3;1-2,5-6H,(H,7,8)(H,9,10). The molecule has 10 heteroatoms. The van der Waals surface area contributed by atoms with Gasteiger partial charge in [-0.1, -0.05) is 12.1 Å². The van der Waals surface area contributed by atoms with Gasteiger partial charge < -0.3 is 35.0 Å². The molecule has 1 heterocycles. The normalized spacial score (nSPS) is 30.1. The maximum absolute atomic E-state index is 12.4. The lowest BCUT2D eigenvalue weighted by Crippen LogP contribution is -2.48. The Kier molecular flexibility index (Phi) is 8.40. The van der Waals surface area contributed by atoms with E-state index in [0.29, 0.717) is 5.41 Å². The number of aliphatic hydroxyl groups excluding tert-OH is 2. The fourth-order valence-electron chi connectivity index (χ4n) is 6.93. The summed E-state index contributed by atoms with van der Waals surface area (Å²) in [6.07, 6.45) is 4.08. The van der Waals surface area contributed by atoms with Crippen LogP contribution in [0, 0.1) is 17.8 Å². The minimum absolute atomic E-state index is 0.105. The number of benzene rings is 1. The number of aliphatic hydroxyl groups is 2. The quantitative estimate of drug-likeness (QED) is 0.418. The van der Waals surface area contributed by atoms with E-state index in [9.17, 15) is 14.4 Å². The lowest BCUT2D eigenvalue weighted by atomic mass is 9.48. The van der Waals surface area contributed by atoms with Crippen LogP contribution in [0.15, 0.2) is 24.3 Å². The number of hydrogen-bond acceptors (Lipinski definition) is 7. The molecule has 1 amide bonds. The Morgan fingerprint density at radius 3 is 1.76 bits per heavy atom. The molecule has 1 aromatic rings. The first kappa shape index (κ1) is 27.3.